The third-order valence-corrected chi connectivity index (χ3v) is 5.27. The molecule has 1 aromatic carbocycles. The summed E-state index contributed by atoms with van der Waals surface area (Å²) in [6.45, 7) is 1.41. The normalized spacial score (nSPS) is 14.3. The van der Waals surface area contributed by atoms with E-state index in [0.29, 0.717) is 0 Å². The summed E-state index contributed by atoms with van der Waals surface area (Å²) in [7, 11) is -7.31. The van der Waals surface area contributed by atoms with E-state index in [9.17, 15) is 21.2 Å². The molecule has 0 spiro atoms. The Kier molecular flexibility index (Phi) is 4.94. The minimum atomic E-state index is -3.99. The topological polar surface area (TPSA) is 80.3 Å². The van der Waals surface area contributed by atoms with Crippen LogP contribution in [0, 0.1) is 5.82 Å². The van der Waals surface area contributed by atoms with E-state index in [1.54, 1.807) is 0 Å². The van der Waals surface area contributed by atoms with Crippen LogP contribution < -0.4 is 4.72 Å². The Labute approximate surface area is 116 Å². The summed E-state index contributed by atoms with van der Waals surface area (Å²) in [4.78, 5) is -0.295. The predicted molar refractivity (Wildman–Crippen MR) is 70.9 cm³/mol. The van der Waals surface area contributed by atoms with Gasteiger partial charge in [-0.25, -0.2) is 25.9 Å². The molecule has 19 heavy (non-hydrogen) atoms. The van der Waals surface area contributed by atoms with E-state index < -0.39 is 31.7 Å². The van der Waals surface area contributed by atoms with Crippen LogP contribution in [0.1, 0.15) is 6.92 Å². The summed E-state index contributed by atoms with van der Waals surface area (Å²) in [6, 6.07) is 2.03. The van der Waals surface area contributed by atoms with Crippen molar-refractivity contribution in [3.05, 3.63) is 29.0 Å². The fourth-order valence-electron chi connectivity index (χ4n) is 1.51. The second-order valence-corrected chi connectivity index (χ2v) is 8.46. The number of rotatable bonds is 5. The van der Waals surface area contributed by atoms with Crippen molar-refractivity contribution < 1.29 is 21.2 Å². The second-order valence-electron chi connectivity index (χ2n) is 4.19. The highest BCUT2D eigenvalue weighted by atomic mass is 35.5. The lowest BCUT2D eigenvalue weighted by atomic mass is 10.3. The van der Waals surface area contributed by atoms with Gasteiger partial charge in [0.25, 0.3) is 0 Å². The van der Waals surface area contributed by atoms with Crippen molar-refractivity contribution >= 4 is 31.5 Å². The third kappa shape index (κ3) is 5.06. The summed E-state index contributed by atoms with van der Waals surface area (Å²) in [5, 5.41) is -0.265. The molecule has 9 heteroatoms. The van der Waals surface area contributed by atoms with E-state index in [4.69, 9.17) is 11.6 Å². The monoisotopic (exact) mass is 329 g/mol. The SMILES string of the molecule is C[C@@H](CS(C)(=O)=O)NS(=O)(=O)c1ccc(F)cc1Cl. The molecule has 0 fully saturated rings. The first-order chi connectivity index (χ1) is 8.51. The average molecular weight is 330 g/mol. The van der Waals surface area contributed by atoms with Gasteiger partial charge in [0, 0.05) is 12.3 Å². The second kappa shape index (κ2) is 5.74. The van der Waals surface area contributed by atoms with Gasteiger partial charge in [-0.15, -0.1) is 0 Å². The number of hydrogen-bond donors (Lipinski definition) is 1. The summed E-state index contributed by atoms with van der Waals surface area (Å²) in [5.74, 6) is -1.00. The molecule has 0 aliphatic rings. The molecule has 0 saturated heterocycles. The first kappa shape index (κ1) is 16.4. The van der Waals surface area contributed by atoms with E-state index in [2.05, 4.69) is 4.72 Å². The van der Waals surface area contributed by atoms with Gasteiger partial charge in [-0.1, -0.05) is 11.6 Å². The first-order valence-electron chi connectivity index (χ1n) is 5.16. The fourth-order valence-corrected chi connectivity index (χ4v) is 4.38. The Balaban J connectivity index is 2.99. The molecule has 1 rings (SSSR count). The van der Waals surface area contributed by atoms with E-state index in [-0.39, 0.29) is 15.7 Å². The zero-order chi connectivity index (χ0) is 14.8. The lowest BCUT2D eigenvalue weighted by Crippen LogP contribution is -2.37. The molecule has 0 aromatic heterocycles. The van der Waals surface area contributed by atoms with Crippen molar-refractivity contribution in [3.8, 4) is 0 Å². The maximum absolute atomic E-state index is 12.8. The van der Waals surface area contributed by atoms with E-state index in [1.165, 1.54) is 6.92 Å². The predicted octanol–water partition coefficient (Wildman–Crippen LogP) is 1.19. The number of halogens is 2. The van der Waals surface area contributed by atoms with Crippen molar-refractivity contribution in [1.29, 1.82) is 0 Å². The minimum absolute atomic E-state index is 0.265. The van der Waals surface area contributed by atoms with Gasteiger partial charge in [-0.05, 0) is 25.1 Å². The Morgan fingerprint density at radius 3 is 2.37 bits per heavy atom. The van der Waals surface area contributed by atoms with Crippen LogP contribution >= 0.6 is 11.6 Å². The number of sulfone groups is 1. The van der Waals surface area contributed by atoms with Gasteiger partial charge in [-0.3, -0.25) is 0 Å². The molecular weight excluding hydrogens is 317 g/mol. The van der Waals surface area contributed by atoms with Crippen molar-refractivity contribution in [1.82, 2.24) is 4.72 Å². The smallest absolute Gasteiger partial charge is 0.229 e. The van der Waals surface area contributed by atoms with Crippen LogP contribution in [0.2, 0.25) is 5.02 Å². The van der Waals surface area contributed by atoms with Crippen LogP contribution in [-0.4, -0.2) is 34.9 Å². The Bertz CT molecular complexity index is 673. The van der Waals surface area contributed by atoms with Gasteiger partial charge in [0.15, 0.2) is 0 Å². The van der Waals surface area contributed by atoms with Crippen LogP contribution in [-0.2, 0) is 19.9 Å². The van der Waals surface area contributed by atoms with Crippen LogP contribution in [0.3, 0.4) is 0 Å². The van der Waals surface area contributed by atoms with Crippen molar-refractivity contribution in [2.75, 3.05) is 12.0 Å². The van der Waals surface area contributed by atoms with E-state index in [1.807, 2.05) is 0 Å². The zero-order valence-corrected chi connectivity index (χ0v) is 12.6. The molecule has 1 aromatic rings. The molecule has 1 N–H and O–H groups in total. The highest BCUT2D eigenvalue weighted by Crippen LogP contribution is 2.22. The number of sulfonamides is 1. The van der Waals surface area contributed by atoms with Gasteiger partial charge in [0.1, 0.15) is 20.5 Å². The highest BCUT2D eigenvalue weighted by Gasteiger charge is 2.22. The van der Waals surface area contributed by atoms with E-state index >= 15 is 0 Å². The molecule has 108 valence electrons. The van der Waals surface area contributed by atoms with Crippen molar-refractivity contribution in [3.63, 3.8) is 0 Å². The summed E-state index contributed by atoms with van der Waals surface area (Å²) in [6.07, 6.45) is 1.00. The quantitative estimate of drug-likeness (QED) is 0.880. The molecule has 0 bridgehead atoms. The zero-order valence-electron chi connectivity index (χ0n) is 10.2. The largest absolute Gasteiger partial charge is 0.242 e. The van der Waals surface area contributed by atoms with E-state index in [0.717, 1.165) is 24.5 Å². The van der Waals surface area contributed by atoms with Gasteiger partial charge in [0.05, 0.1) is 10.8 Å². The number of hydrogen-bond acceptors (Lipinski definition) is 4. The van der Waals surface area contributed by atoms with Crippen molar-refractivity contribution in [2.24, 2.45) is 0 Å². The number of benzene rings is 1. The summed E-state index contributed by atoms with van der Waals surface area (Å²) in [5.41, 5.74) is 0. The fraction of sp³-hybridized carbons (Fsp3) is 0.400. The first-order valence-corrected chi connectivity index (χ1v) is 9.08. The lowest BCUT2D eigenvalue weighted by Gasteiger charge is -2.14. The van der Waals surface area contributed by atoms with Gasteiger partial charge >= 0.3 is 0 Å². The molecule has 0 saturated carbocycles. The summed E-state index contributed by atoms with van der Waals surface area (Å²) < 4.78 is 61.0. The minimum Gasteiger partial charge on any atom is -0.229 e. The summed E-state index contributed by atoms with van der Waals surface area (Å²) >= 11 is 5.65. The number of nitrogens with one attached hydrogen (secondary N) is 1. The molecular formula is C10H13ClFNO4S2. The van der Waals surface area contributed by atoms with Crippen LogP contribution in [0.4, 0.5) is 4.39 Å². The maximum atomic E-state index is 12.8. The molecule has 1 atom stereocenters. The van der Waals surface area contributed by atoms with Crippen molar-refractivity contribution in [2.45, 2.75) is 17.9 Å². The standard InChI is InChI=1S/C10H13ClFNO4S2/c1-7(6-18(2,14)15)13-19(16,17)10-4-3-8(12)5-9(10)11/h3-5,7,13H,6H2,1-2H3/t7-/m0/s1. The molecule has 5 nitrogen and oxygen atoms in total. The third-order valence-electron chi connectivity index (χ3n) is 2.09. The molecule has 0 radical (unpaired) electrons. The van der Waals surface area contributed by atoms with Crippen LogP contribution in [0.25, 0.3) is 0 Å². The maximum Gasteiger partial charge on any atom is 0.242 e. The highest BCUT2D eigenvalue weighted by molar-refractivity contribution is 7.91. The van der Waals surface area contributed by atoms with Gasteiger partial charge < -0.3 is 0 Å². The van der Waals surface area contributed by atoms with Gasteiger partial charge in [-0.2, -0.15) is 0 Å². The van der Waals surface area contributed by atoms with Gasteiger partial charge in [0.2, 0.25) is 10.0 Å². The molecule has 0 heterocycles. The van der Waals surface area contributed by atoms with Crippen LogP contribution in [0.5, 0.6) is 0 Å². The molecule has 0 unspecified atom stereocenters. The van der Waals surface area contributed by atoms with Crippen LogP contribution in [0.15, 0.2) is 23.1 Å². The molecule has 0 aliphatic heterocycles. The average Bonchev–Trinajstić information content (AvgIpc) is 2.11. The Morgan fingerprint density at radius 1 is 1.32 bits per heavy atom. The molecule has 0 amide bonds. The molecule has 0 aliphatic carbocycles. The Hall–Kier alpha value is -0.700. The Morgan fingerprint density at radius 2 is 1.89 bits per heavy atom. The lowest BCUT2D eigenvalue weighted by molar-refractivity contribution is 0.564.